The molecule has 0 aromatic heterocycles. The number of aliphatic hydroxyl groups is 1. The quantitative estimate of drug-likeness (QED) is 0.0284. The van der Waals surface area contributed by atoms with Crippen molar-refractivity contribution in [3.05, 3.63) is 24.3 Å². The van der Waals surface area contributed by atoms with Gasteiger partial charge in [-0.2, -0.15) is 0 Å². The number of allylic oxidation sites excluding steroid dienone is 4. The van der Waals surface area contributed by atoms with E-state index >= 15 is 0 Å². The van der Waals surface area contributed by atoms with Crippen molar-refractivity contribution in [3.63, 3.8) is 0 Å². The Balaban J connectivity index is 3.76. The minimum absolute atomic E-state index is 0.0814. The van der Waals surface area contributed by atoms with E-state index in [0.29, 0.717) is 12.8 Å². The first-order valence-corrected chi connectivity index (χ1v) is 20.7. The molecule has 2 atom stereocenters. The van der Waals surface area contributed by atoms with Gasteiger partial charge in [-0.05, 0) is 64.2 Å². The van der Waals surface area contributed by atoms with Crippen LogP contribution in [0, 0.1) is 0 Å². The van der Waals surface area contributed by atoms with Gasteiger partial charge in [-0.1, -0.05) is 141 Å². The van der Waals surface area contributed by atoms with Crippen LogP contribution >= 0.6 is 0 Å². The zero-order chi connectivity index (χ0) is 37.6. The number of amides is 2. The molecular weight excluding hydrogens is 644 g/mol. The fraction of sp³-hybridized carbons (Fsp3) is 0.810. The average Bonchev–Trinajstić information content (AvgIpc) is 3.11. The Bertz CT molecular complexity index is 921. The third-order valence-corrected chi connectivity index (χ3v) is 9.20. The van der Waals surface area contributed by atoms with E-state index in [1.807, 2.05) is 0 Å². The molecule has 2 unspecified atom stereocenters. The largest absolute Gasteiger partial charge is 0.480 e. The number of ether oxygens (including phenoxy) is 1. The number of carboxylic acids is 1. The Morgan fingerprint density at radius 1 is 0.588 bits per heavy atom. The van der Waals surface area contributed by atoms with Crippen molar-refractivity contribution < 1.29 is 34.1 Å². The summed E-state index contributed by atoms with van der Waals surface area (Å²) in [5, 5.41) is 22.4. The lowest BCUT2D eigenvalue weighted by molar-refractivity contribution is -0.150. The van der Waals surface area contributed by atoms with Crippen LogP contribution in [-0.2, 0) is 23.9 Å². The lowest BCUT2D eigenvalue weighted by Gasteiger charge is -2.18. The van der Waals surface area contributed by atoms with Gasteiger partial charge in [-0.3, -0.25) is 14.4 Å². The first kappa shape index (κ1) is 48.3. The maximum atomic E-state index is 12.5. The summed E-state index contributed by atoms with van der Waals surface area (Å²) in [6, 6.07) is -1.39. The number of hydrogen-bond acceptors (Lipinski definition) is 6. The van der Waals surface area contributed by atoms with Gasteiger partial charge in [0.1, 0.15) is 12.1 Å². The standard InChI is InChI=1S/C42H76N2O7/c1-3-5-7-8-9-10-11-12-13-14-15-16-17-18-19-20-21-22-23-24-25-26-30-34-41(48)51-37(31-6-4-2)32-28-27-29-33-39(46)43-35-40(47)44-38(36-45)42(49)50/h11-12,14-15,37-38,45H,3-10,13,16-36H2,1-2H3,(H,43,46)(H,44,47)(H,49,50)/b12-11-,15-14-. The minimum atomic E-state index is -1.39. The Morgan fingerprint density at radius 2 is 1.08 bits per heavy atom. The summed E-state index contributed by atoms with van der Waals surface area (Å²) in [6.07, 6.45) is 39.9. The first-order chi connectivity index (χ1) is 24.8. The fourth-order valence-electron chi connectivity index (χ4n) is 5.97. The van der Waals surface area contributed by atoms with E-state index in [2.05, 4.69) is 48.8 Å². The van der Waals surface area contributed by atoms with Crippen molar-refractivity contribution in [3.8, 4) is 0 Å². The second kappa shape index (κ2) is 37.1. The molecule has 0 saturated heterocycles. The van der Waals surface area contributed by atoms with Gasteiger partial charge in [0, 0.05) is 12.8 Å². The molecule has 0 spiro atoms. The lowest BCUT2D eigenvalue weighted by Crippen LogP contribution is -2.47. The second-order valence-corrected chi connectivity index (χ2v) is 14.1. The highest BCUT2D eigenvalue weighted by molar-refractivity contribution is 5.87. The molecule has 0 rings (SSSR count). The number of aliphatic carboxylic acids is 1. The zero-order valence-corrected chi connectivity index (χ0v) is 32.6. The van der Waals surface area contributed by atoms with Crippen LogP contribution in [0.1, 0.15) is 194 Å². The summed E-state index contributed by atoms with van der Waals surface area (Å²) in [4.78, 5) is 47.1. The highest BCUT2D eigenvalue weighted by Crippen LogP contribution is 2.17. The third kappa shape index (κ3) is 34.2. The number of carbonyl (C=O) groups is 4. The molecule has 0 aliphatic rings. The molecular formula is C42H76N2O7. The van der Waals surface area contributed by atoms with Gasteiger partial charge >= 0.3 is 11.9 Å². The minimum Gasteiger partial charge on any atom is -0.480 e. The summed E-state index contributed by atoms with van der Waals surface area (Å²) in [6.45, 7) is 3.33. The van der Waals surface area contributed by atoms with Crippen LogP contribution in [0.25, 0.3) is 0 Å². The predicted molar refractivity (Wildman–Crippen MR) is 208 cm³/mol. The normalized spacial score (nSPS) is 12.7. The van der Waals surface area contributed by atoms with Crippen LogP contribution in [0.4, 0.5) is 0 Å². The molecule has 0 heterocycles. The number of nitrogens with one attached hydrogen (secondary N) is 2. The van der Waals surface area contributed by atoms with Gasteiger partial charge in [0.25, 0.3) is 0 Å². The molecule has 51 heavy (non-hydrogen) atoms. The van der Waals surface area contributed by atoms with Crippen molar-refractivity contribution in [2.24, 2.45) is 0 Å². The molecule has 0 aliphatic carbocycles. The van der Waals surface area contributed by atoms with Crippen LogP contribution in [0.15, 0.2) is 24.3 Å². The van der Waals surface area contributed by atoms with E-state index in [9.17, 15) is 19.2 Å². The van der Waals surface area contributed by atoms with E-state index in [0.717, 1.165) is 57.8 Å². The third-order valence-electron chi connectivity index (χ3n) is 9.20. The topological polar surface area (TPSA) is 142 Å². The van der Waals surface area contributed by atoms with E-state index < -0.39 is 24.5 Å². The molecule has 4 N–H and O–H groups in total. The summed E-state index contributed by atoms with van der Waals surface area (Å²) in [5.41, 5.74) is 0. The Kier molecular flexibility index (Phi) is 35.1. The highest BCUT2D eigenvalue weighted by Gasteiger charge is 2.19. The molecule has 0 saturated carbocycles. The van der Waals surface area contributed by atoms with Gasteiger partial charge in [-0.25, -0.2) is 4.79 Å². The molecule has 9 heteroatoms. The van der Waals surface area contributed by atoms with Crippen molar-refractivity contribution in [2.45, 2.75) is 206 Å². The molecule has 296 valence electrons. The molecule has 0 aliphatic heterocycles. The van der Waals surface area contributed by atoms with Gasteiger partial charge in [0.2, 0.25) is 11.8 Å². The van der Waals surface area contributed by atoms with E-state index in [1.54, 1.807) is 0 Å². The van der Waals surface area contributed by atoms with E-state index in [4.69, 9.17) is 14.9 Å². The highest BCUT2D eigenvalue weighted by atomic mass is 16.5. The van der Waals surface area contributed by atoms with Crippen LogP contribution in [0.2, 0.25) is 0 Å². The number of rotatable bonds is 37. The number of esters is 1. The number of aliphatic hydroxyl groups excluding tert-OH is 1. The number of unbranched alkanes of at least 4 members (excludes halogenated alkanes) is 19. The Labute approximate surface area is 311 Å². The van der Waals surface area contributed by atoms with Crippen LogP contribution in [-0.4, -0.2) is 59.3 Å². The molecule has 0 aromatic rings. The predicted octanol–water partition coefficient (Wildman–Crippen LogP) is 9.65. The van der Waals surface area contributed by atoms with E-state index in [-0.39, 0.29) is 30.9 Å². The molecule has 0 fully saturated rings. The van der Waals surface area contributed by atoms with E-state index in [1.165, 1.54) is 103 Å². The maximum absolute atomic E-state index is 12.5. The van der Waals surface area contributed by atoms with Crippen molar-refractivity contribution in [1.29, 1.82) is 0 Å². The monoisotopic (exact) mass is 721 g/mol. The van der Waals surface area contributed by atoms with Crippen molar-refractivity contribution >= 4 is 23.8 Å². The smallest absolute Gasteiger partial charge is 0.328 e. The summed E-state index contributed by atoms with van der Waals surface area (Å²) >= 11 is 0. The number of hydrogen-bond donors (Lipinski definition) is 4. The molecule has 2 amide bonds. The maximum Gasteiger partial charge on any atom is 0.328 e. The van der Waals surface area contributed by atoms with Crippen LogP contribution in [0.3, 0.4) is 0 Å². The van der Waals surface area contributed by atoms with Crippen LogP contribution < -0.4 is 10.6 Å². The molecule has 0 aromatic carbocycles. The number of carbonyl (C=O) groups excluding carboxylic acids is 3. The Morgan fingerprint density at radius 3 is 1.63 bits per heavy atom. The Hall–Kier alpha value is -2.68. The van der Waals surface area contributed by atoms with Crippen molar-refractivity contribution in [1.82, 2.24) is 10.6 Å². The van der Waals surface area contributed by atoms with Gasteiger partial charge in [-0.15, -0.1) is 0 Å². The van der Waals surface area contributed by atoms with Crippen LogP contribution in [0.5, 0.6) is 0 Å². The fourth-order valence-corrected chi connectivity index (χ4v) is 5.97. The van der Waals surface area contributed by atoms with Gasteiger partial charge in [0.05, 0.1) is 13.2 Å². The second-order valence-electron chi connectivity index (χ2n) is 14.1. The lowest BCUT2D eigenvalue weighted by atomic mass is 10.0. The molecule has 0 bridgehead atoms. The zero-order valence-electron chi connectivity index (χ0n) is 32.6. The summed E-state index contributed by atoms with van der Waals surface area (Å²) < 4.78 is 5.82. The summed E-state index contributed by atoms with van der Waals surface area (Å²) in [7, 11) is 0. The number of carboxylic acid groups (broad SMARTS) is 1. The van der Waals surface area contributed by atoms with Crippen molar-refractivity contribution in [2.75, 3.05) is 13.2 Å². The summed E-state index contributed by atoms with van der Waals surface area (Å²) in [5.74, 6) is -2.40. The average molecular weight is 721 g/mol. The molecule has 0 radical (unpaired) electrons. The first-order valence-electron chi connectivity index (χ1n) is 20.7. The van der Waals surface area contributed by atoms with Gasteiger partial charge < -0.3 is 25.6 Å². The SMILES string of the molecule is CCCCCCC/C=C\C/C=C\CCCCCCCCCCCCCC(=O)OC(CCCC)CCCCCC(=O)NCC(=O)NC(CO)C(=O)O. The molecule has 9 nitrogen and oxygen atoms in total. The van der Waals surface area contributed by atoms with Gasteiger partial charge in [0.15, 0.2) is 0 Å².